The molecule has 1 amide bonds. The normalized spacial score (nSPS) is 17.6. The molecular weight excluding hydrogens is 222 g/mol. The summed E-state index contributed by atoms with van der Waals surface area (Å²) < 4.78 is 30.2. The maximum atomic E-state index is 12.6. The lowest BCUT2D eigenvalue weighted by Gasteiger charge is -2.27. The largest absolute Gasteiger partial charge is 0.390 e. The predicted octanol–water partition coefficient (Wildman–Crippen LogP) is -0.938. The summed E-state index contributed by atoms with van der Waals surface area (Å²) in [6, 6.07) is 0. The van der Waals surface area contributed by atoms with E-state index in [9.17, 15) is 13.6 Å². The van der Waals surface area contributed by atoms with E-state index < -0.39 is 19.1 Å². The van der Waals surface area contributed by atoms with Gasteiger partial charge in [0.05, 0.1) is 26.3 Å². The molecule has 1 aliphatic rings. The summed E-state index contributed by atoms with van der Waals surface area (Å²) >= 11 is 0. The highest BCUT2D eigenvalue weighted by Crippen LogP contribution is 2.09. The number of nitrogens with one attached hydrogen (secondary N) is 1. The van der Waals surface area contributed by atoms with Crippen molar-refractivity contribution >= 4 is 5.91 Å². The number of carbonyl (C=O) groups is 1. The number of ether oxygens (including phenoxy) is 1. The van der Waals surface area contributed by atoms with E-state index in [1.54, 1.807) is 4.90 Å². The average Bonchev–Trinajstić information content (AvgIpc) is 2.30. The van der Waals surface area contributed by atoms with Crippen molar-refractivity contribution in [3.8, 4) is 0 Å². The lowest BCUT2D eigenvalue weighted by Crippen LogP contribution is -2.46. The molecule has 1 saturated heterocycles. The SMILES string of the molecule is O=C(CNCC(F)(F)CO)N1CCOCC1. The highest BCUT2D eigenvalue weighted by atomic mass is 19.3. The van der Waals surface area contributed by atoms with E-state index in [0.29, 0.717) is 26.3 Å². The number of rotatable bonds is 5. The molecule has 1 rings (SSSR count). The molecule has 0 atom stereocenters. The topological polar surface area (TPSA) is 61.8 Å². The first-order valence-corrected chi connectivity index (χ1v) is 5.10. The molecule has 0 spiro atoms. The summed E-state index contributed by atoms with van der Waals surface area (Å²) in [5, 5.41) is 10.6. The second-order valence-electron chi connectivity index (χ2n) is 3.61. The van der Waals surface area contributed by atoms with Crippen LogP contribution in [0.25, 0.3) is 0 Å². The van der Waals surface area contributed by atoms with E-state index in [2.05, 4.69) is 5.32 Å². The molecular formula is C9H16F2N2O3. The van der Waals surface area contributed by atoms with E-state index >= 15 is 0 Å². The minimum Gasteiger partial charge on any atom is -0.390 e. The number of aliphatic hydroxyl groups excluding tert-OH is 1. The first kappa shape index (κ1) is 13.3. The fourth-order valence-corrected chi connectivity index (χ4v) is 1.33. The van der Waals surface area contributed by atoms with Crippen LogP contribution in [0.5, 0.6) is 0 Å². The summed E-state index contributed by atoms with van der Waals surface area (Å²) in [4.78, 5) is 13.0. The minimum absolute atomic E-state index is 0.143. The lowest BCUT2D eigenvalue weighted by atomic mass is 10.3. The van der Waals surface area contributed by atoms with Crippen molar-refractivity contribution in [2.75, 3.05) is 46.0 Å². The molecule has 0 unspecified atom stereocenters. The summed E-state index contributed by atoms with van der Waals surface area (Å²) in [5.41, 5.74) is 0. The molecule has 7 heteroatoms. The van der Waals surface area contributed by atoms with Gasteiger partial charge in [-0.05, 0) is 0 Å². The molecule has 2 N–H and O–H groups in total. The van der Waals surface area contributed by atoms with Crippen LogP contribution in [0.4, 0.5) is 8.78 Å². The molecule has 1 fully saturated rings. The Hall–Kier alpha value is -0.790. The van der Waals surface area contributed by atoms with Gasteiger partial charge in [0, 0.05) is 13.1 Å². The van der Waals surface area contributed by atoms with Crippen molar-refractivity contribution in [3.05, 3.63) is 0 Å². The average molecular weight is 238 g/mol. The number of nitrogens with zero attached hydrogens (tertiary/aromatic N) is 1. The van der Waals surface area contributed by atoms with Crippen LogP contribution in [0.3, 0.4) is 0 Å². The van der Waals surface area contributed by atoms with Gasteiger partial charge in [-0.1, -0.05) is 0 Å². The molecule has 0 saturated carbocycles. The molecule has 0 aromatic rings. The predicted molar refractivity (Wildman–Crippen MR) is 52.3 cm³/mol. The van der Waals surface area contributed by atoms with Gasteiger partial charge in [-0.25, -0.2) is 8.78 Å². The van der Waals surface area contributed by atoms with Crippen molar-refractivity contribution in [1.82, 2.24) is 10.2 Å². The molecule has 1 aliphatic heterocycles. The van der Waals surface area contributed by atoms with Crippen LogP contribution in [0.15, 0.2) is 0 Å². The van der Waals surface area contributed by atoms with Gasteiger partial charge in [-0.3, -0.25) is 4.79 Å². The number of alkyl halides is 2. The summed E-state index contributed by atoms with van der Waals surface area (Å²) in [6.45, 7) is -0.0915. The molecule has 0 bridgehead atoms. The third kappa shape index (κ3) is 4.38. The molecule has 0 aliphatic carbocycles. The summed E-state index contributed by atoms with van der Waals surface area (Å²) in [6.07, 6.45) is 0. The fraction of sp³-hybridized carbons (Fsp3) is 0.889. The van der Waals surface area contributed by atoms with E-state index in [0.717, 1.165) is 0 Å². The van der Waals surface area contributed by atoms with Crippen molar-refractivity contribution < 1.29 is 23.4 Å². The fourth-order valence-electron chi connectivity index (χ4n) is 1.33. The Morgan fingerprint density at radius 2 is 2.06 bits per heavy atom. The Labute approximate surface area is 92.4 Å². The molecule has 5 nitrogen and oxygen atoms in total. The third-order valence-corrected chi connectivity index (χ3v) is 2.25. The number of hydrogen-bond donors (Lipinski definition) is 2. The van der Waals surface area contributed by atoms with E-state index in [1.807, 2.05) is 0 Å². The van der Waals surface area contributed by atoms with Crippen molar-refractivity contribution in [2.45, 2.75) is 5.92 Å². The van der Waals surface area contributed by atoms with Crippen LogP contribution in [0.2, 0.25) is 0 Å². The van der Waals surface area contributed by atoms with Gasteiger partial charge in [0.25, 0.3) is 5.92 Å². The van der Waals surface area contributed by atoms with Crippen LogP contribution < -0.4 is 5.32 Å². The molecule has 0 aromatic carbocycles. The quantitative estimate of drug-likeness (QED) is 0.649. The number of morpholine rings is 1. The van der Waals surface area contributed by atoms with Gasteiger partial charge in [0.15, 0.2) is 0 Å². The van der Waals surface area contributed by atoms with Crippen molar-refractivity contribution in [3.63, 3.8) is 0 Å². The first-order valence-electron chi connectivity index (χ1n) is 5.10. The smallest absolute Gasteiger partial charge is 0.282 e. The number of halogens is 2. The van der Waals surface area contributed by atoms with Gasteiger partial charge in [-0.15, -0.1) is 0 Å². The van der Waals surface area contributed by atoms with E-state index in [4.69, 9.17) is 9.84 Å². The molecule has 0 aromatic heterocycles. The zero-order valence-corrected chi connectivity index (χ0v) is 8.92. The Morgan fingerprint density at radius 3 is 2.62 bits per heavy atom. The van der Waals surface area contributed by atoms with Crippen LogP contribution >= 0.6 is 0 Å². The minimum atomic E-state index is -3.18. The van der Waals surface area contributed by atoms with Crippen LogP contribution in [-0.4, -0.2) is 67.8 Å². The van der Waals surface area contributed by atoms with Gasteiger partial charge < -0.3 is 20.1 Å². The Kier molecular flexibility index (Phi) is 5.04. The number of carbonyl (C=O) groups excluding carboxylic acids is 1. The standard InChI is InChI=1S/C9H16F2N2O3/c10-9(11,7-14)6-12-5-8(15)13-1-3-16-4-2-13/h12,14H,1-7H2. The molecule has 0 radical (unpaired) electrons. The second kappa shape index (κ2) is 6.07. The number of hydrogen-bond acceptors (Lipinski definition) is 4. The Bertz CT molecular complexity index is 233. The second-order valence-corrected chi connectivity index (χ2v) is 3.61. The van der Waals surface area contributed by atoms with Gasteiger partial charge in [-0.2, -0.15) is 0 Å². The third-order valence-electron chi connectivity index (χ3n) is 2.25. The highest BCUT2D eigenvalue weighted by Gasteiger charge is 2.27. The summed E-state index contributed by atoms with van der Waals surface area (Å²) in [7, 11) is 0. The van der Waals surface area contributed by atoms with Crippen LogP contribution in [0.1, 0.15) is 0 Å². The zero-order chi connectivity index (χ0) is 12.0. The van der Waals surface area contributed by atoms with E-state index in [-0.39, 0.29) is 12.5 Å². The van der Waals surface area contributed by atoms with Gasteiger partial charge in [0.1, 0.15) is 6.61 Å². The highest BCUT2D eigenvalue weighted by molar-refractivity contribution is 5.78. The summed E-state index contributed by atoms with van der Waals surface area (Å²) in [5.74, 6) is -3.40. The molecule has 94 valence electrons. The first-order chi connectivity index (χ1) is 7.55. The van der Waals surface area contributed by atoms with Gasteiger partial charge >= 0.3 is 0 Å². The monoisotopic (exact) mass is 238 g/mol. The zero-order valence-electron chi connectivity index (χ0n) is 8.92. The Morgan fingerprint density at radius 1 is 1.44 bits per heavy atom. The van der Waals surface area contributed by atoms with Gasteiger partial charge in [0.2, 0.25) is 5.91 Å². The lowest BCUT2D eigenvalue weighted by molar-refractivity contribution is -0.134. The van der Waals surface area contributed by atoms with Crippen molar-refractivity contribution in [2.24, 2.45) is 0 Å². The number of amides is 1. The Balaban J connectivity index is 2.19. The van der Waals surface area contributed by atoms with Crippen LogP contribution in [-0.2, 0) is 9.53 Å². The van der Waals surface area contributed by atoms with E-state index in [1.165, 1.54) is 0 Å². The molecule has 16 heavy (non-hydrogen) atoms. The molecule has 1 heterocycles. The van der Waals surface area contributed by atoms with Crippen molar-refractivity contribution in [1.29, 1.82) is 0 Å². The van der Waals surface area contributed by atoms with Crippen LogP contribution in [0, 0.1) is 0 Å². The maximum Gasteiger partial charge on any atom is 0.282 e. The number of aliphatic hydroxyl groups is 1. The maximum absolute atomic E-state index is 12.6.